The van der Waals surface area contributed by atoms with Crippen molar-refractivity contribution in [2.45, 2.75) is 13.3 Å². The van der Waals surface area contributed by atoms with E-state index in [9.17, 15) is 9.90 Å². The molecular weight excluding hydrogens is 310 g/mol. The molecule has 0 saturated heterocycles. The number of fused-ring (bicyclic) bond motifs is 1. The number of aliphatic hydroxyl groups is 1. The van der Waals surface area contributed by atoms with Gasteiger partial charge in [0.15, 0.2) is 10.8 Å². The minimum Gasteiger partial charge on any atom is -0.506 e. The predicted molar refractivity (Wildman–Crippen MR) is 83.5 cm³/mol. The largest absolute Gasteiger partial charge is 0.506 e. The summed E-state index contributed by atoms with van der Waals surface area (Å²) in [5.41, 5.74) is 2.86. The third-order valence-corrected chi connectivity index (χ3v) is 4.53. The first-order valence-corrected chi connectivity index (χ1v) is 7.52. The number of carbonyl (C=O) groups is 1. The number of nitrogens with zero attached hydrogens (tertiary/aromatic N) is 1. The average Bonchev–Trinajstić information content (AvgIpc) is 3.05. The van der Waals surface area contributed by atoms with Gasteiger partial charge < -0.3 is 9.84 Å². The maximum atomic E-state index is 12.7. The molecular formula is C15H12ClNO3S. The molecule has 21 heavy (non-hydrogen) atoms. The molecule has 1 aliphatic carbocycles. The highest BCUT2D eigenvalue weighted by Crippen LogP contribution is 2.37. The van der Waals surface area contributed by atoms with Crippen LogP contribution in [0.4, 0.5) is 0 Å². The highest BCUT2D eigenvalue weighted by molar-refractivity contribution is 7.12. The summed E-state index contributed by atoms with van der Waals surface area (Å²) < 4.78 is 5.10. The number of Topliss-reactive ketones (excluding diaryl/α,β-unsaturated/α-hetero) is 1. The number of hydrogen-bond donors (Lipinski definition) is 1. The number of hydrogen-bond acceptors (Lipinski definition) is 5. The summed E-state index contributed by atoms with van der Waals surface area (Å²) in [6.45, 7) is 1.85. The van der Waals surface area contributed by atoms with Gasteiger partial charge in [-0.3, -0.25) is 9.79 Å². The normalized spacial score (nSPS) is 17.7. The second kappa shape index (κ2) is 5.16. The van der Waals surface area contributed by atoms with Crippen LogP contribution in [0.1, 0.15) is 23.7 Å². The molecule has 1 N–H and O–H groups in total. The van der Waals surface area contributed by atoms with Crippen LogP contribution < -0.4 is 4.74 Å². The number of ether oxygens (including phenoxy) is 1. The van der Waals surface area contributed by atoms with Crippen LogP contribution in [0, 0.1) is 0 Å². The summed E-state index contributed by atoms with van der Waals surface area (Å²) in [5, 5.41) is 12.8. The van der Waals surface area contributed by atoms with Crippen molar-refractivity contribution < 1.29 is 14.6 Å². The van der Waals surface area contributed by atoms with Crippen molar-refractivity contribution in [3.8, 4) is 5.06 Å². The molecule has 1 aliphatic heterocycles. The second-order valence-corrected chi connectivity index (χ2v) is 6.08. The van der Waals surface area contributed by atoms with Gasteiger partial charge in [-0.05, 0) is 13.0 Å². The number of carbonyl (C=O) groups excluding carboxylic acids is 1. The van der Waals surface area contributed by atoms with Crippen LogP contribution in [0.15, 0.2) is 50.1 Å². The molecule has 2 heterocycles. The molecule has 0 bridgehead atoms. The van der Waals surface area contributed by atoms with Crippen molar-refractivity contribution in [1.82, 2.24) is 0 Å². The van der Waals surface area contributed by atoms with Gasteiger partial charge in [-0.1, -0.05) is 11.6 Å². The number of thiophene rings is 1. The highest BCUT2D eigenvalue weighted by Gasteiger charge is 2.32. The molecule has 3 rings (SSSR count). The van der Waals surface area contributed by atoms with Gasteiger partial charge >= 0.3 is 0 Å². The summed E-state index contributed by atoms with van der Waals surface area (Å²) >= 11 is 7.39. The number of allylic oxidation sites excluding steroid dienone is 5. The molecule has 0 atom stereocenters. The Morgan fingerprint density at radius 1 is 1.52 bits per heavy atom. The summed E-state index contributed by atoms with van der Waals surface area (Å²) in [6.07, 6.45) is 2.14. The van der Waals surface area contributed by atoms with E-state index in [4.69, 9.17) is 16.3 Å². The molecule has 0 fully saturated rings. The third kappa shape index (κ3) is 2.32. The summed E-state index contributed by atoms with van der Waals surface area (Å²) in [6, 6.07) is 1.65. The first-order valence-electron chi connectivity index (χ1n) is 6.27. The van der Waals surface area contributed by atoms with Gasteiger partial charge in [-0.15, -0.1) is 11.3 Å². The van der Waals surface area contributed by atoms with Crippen LogP contribution in [0.3, 0.4) is 0 Å². The zero-order chi connectivity index (χ0) is 15.1. The molecule has 4 nitrogen and oxygen atoms in total. The topological polar surface area (TPSA) is 58.9 Å². The Morgan fingerprint density at radius 3 is 2.95 bits per heavy atom. The lowest BCUT2D eigenvalue weighted by Crippen LogP contribution is -2.17. The minimum absolute atomic E-state index is 0.160. The number of aliphatic imine (C=N–C) groups is 1. The van der Waals surface area contributed by atoms with E-state index < -0.39 is 0 Å². The first-order chi connectivity index (χ1) is 10.0. The molecule has 2 aliphatic rings. The number of ketones is 1. The van der Waals surface area contributed by atoms with Crippen molar-refractivity contribution in [2.75, 3.05) is 7.11 Å². The maximum absolute atomic E-state index is 12.7. The lowest BCUT2D eigenvalue weighted by molar-refractivity contribution is 0.103. The number of halogens is 1. The fourth-order valence-electron chi connectivity index (χ4n) is 2.36. The summed E-state index contributed by atoms with van der Waals surface area (Å²) in [4.78, 5) is 17.0. The standard InChI is InChI=1S/C15H12ClNO3S/c1-7-3-9-11(17-7)5-10(16)15(19)13(9)14(18)8-4-12(20-2)21-6-8/h3-4,6,19H,5H2,1-2H3. The minimum atomic E-state index is -0.279. The Balaban J connectivity index is 2.11. The van der Waals surface area contributed by atoms with Crippen molar-refractivity contribution >= 4 is 34.4 Å². The Bertz CT molecular complexity index is 768. The van der Waals surface area contributed by atoms with Crippen LogP contribution in [-0.2, 0) is 0 Å². The second-order valence-electron chi connectivity index (χ2n) is 4.75. The Kier molecular flexibility index (Phi) is 3.47. The average molecular weight is 322 g/mol. The van der Waals surface area contributed by atoms with Crippen molar-refractivity contribution in [3.63, 3.8) is 0 Å². The summed E-state index contributed by atoms with van der Waals surface area (Å²) in [7, 11) is 1.55. The SMILES string of the molecule is COc1cc(C(=O)C2=C3C=C(C)N=C3CC(Cl)=C2O)cs1. The van der Waals surface area contributed by atoms with Gasteiger partial charge in [0.25, 0.3) is 0 Å². The Morgan fingerprint density at radius 2 is 2.29 bits per heavy atom. The highest BCUT2D eigenvalue weighted by atomic mass is 35.5. The molecule has 0 unspecified atom stereocenters. The fourth-order valence-corrected chi connectivity index (χ4v) is 3.29. The van der Waals surface area contributed by atoms with Gasteiger partial charge in [0.2, 0.25) is 0 Å². The monoisotopic (exact) mass is 321 g/mol. The van der Waals surface area contributed by atoms with E-state index in [1.165, 1.54) is 11.3 Å². The molecule has 1 aromatic heterocycles. The number of methoxy groups -OCH3 is 1. The fraction of sp³-hybridized carbons (Fsp3) is 0.200. The van der Waals surface area contributed by atoms with E-state index in [1.54, 1.807) is 24.6 Å². The lowest BCUT2D eigenvalue weighted by Gasteiger charge is -2.17. The zero-order valence-corrected chi connectivity index (χ0v) is 13.0. The van der Waals surface area contributed by atoms with E-state index in [2.05, 4.69) is 4.99 Å². The van der Waals surface area contributed by atoms with Crippen LogP contribution in [0.5, 0.6) is 5.06 Å². The first kappa shape index (κ1) is 14.1. The van der Waals surface area contributed by atoms with Gasteiger partial charge in [0, 0.05) is 34.7 Å². The van der Waals surface area contributed by atoms with E-state index in [1.807, 2.05) is 6.92 Å². The molecule has 0 spiro atoms. The summed E-state index contributed by atoms with van der Waals surface area (Å²) in [5.74, 6) is -0.440. The van der Waals surface area contributed by atoms with Gasteiger partial charge in [0.05, 0.1) is 23.4 Å². The van der Waals surface area contributed by atoms with Crippen molar-refractivity contribution in [3.05, 3.63) is 50.7 Å². The maximum Gasteiger partial charge on any atom is 0.198 e. The smallest absolute Gasteiger partial charge is 0.198 e. The van der Waals surface area contributed by atoms with E-state index in [-0.39, 0.29) is 22.1 Å². The predicted octanol–water partition coefficient (Wildman–Crippen LogP) is 4.01. The van der Waals surface area contributed by atoms with E-state index >= 15 is 0 Å². The molecule has 108 valence electrons. The van der Waals surface area contributed by atoms with Crippen LogP contribution >= 0.6 is 22.9 Å². The van der Waals surface area contributed by atoms with Gasteiger partial charge in [-0.2, -0.15) is 0 Å². The zero-order valence-electron chi connectivity index (χ0n) is 11.4. The van der Waals surface area contributed by atoms with Crippen LogP contribution in [0.2, 0.25) is 0 Å². The number of aliphatic hydroxyl groups excluding tert-OH is 1. The Hall–Kier alpha value is -1.85. The van der Waals surface area contributed by atoms with Crippen molar-refractivity contribution in [2.24, 2.45) is 4.99 Å². The molecule has 0 radical (unpaired) electrons. The van der Waals surface area contributed by atoms with Gasteiger partial charge in [-0.25, -0.2) is 0 Å². The molecule has 0 aromatic carbocycles. The van der Waals surface area contributed by atoms with E-state index in [0.29, 0.717) is 22.6 Å². The van der Waals surface area contributed by atoms with Crippen LogP contribution in [-0.4, -0.2) is 23.7 Å². The van der Waals surface area contributed by atoms with Gasteiger partial charge in [0.1, 0.15) is 5.76 Å². The lowest BCUT2D eigenvalue weighted by atomic mass is 9.90. The van der Waals surface area contributed by atoms with Crippen molar-refractivity contribution in [1.29, 1.82) is 0 Å². The molecule has 0 amide bonds. The Labute approximate surface area is 130 Å². The third-order valence-electron chi connectivity index (χ3n) is 3.33. The van der Waals surface area contributed by atoms with E-state index in [0.717, 1.165) is 11.4 Å². The van der Waals surface area contributed by atoms with Crippen LogP contribution in [0.25, 0.3) is 0 Å². The number of rotatable bonds is 3. The molecule has 6 heteroatoms. The molecule has 1 aromatic rings. The molecule has 0 saturated carbocycles. The quantitative estimate of drug-likeness (QED) is 0.856.